The van der Waals surface area contributed by atoms with Crippen molar-refractivity contribution in [3.05, 3.63) is 64.7 Å². The van der Waals surface area contributed by atoms with Crippen LogP contribution in [0.2, 0.25) is 30.7 Å². The van der Waals surface area contributed by atoms with Gasteiger partial charge in [0.2, 0.25) is 5.88 Å². The molecular weight excluding hydrogens is 665 g/mol. The van der Waals surface area contributed by atoms with Crippen LogP contribution < -0.4 is 14.8 Å². The summed E-state index contributed by atoms with van der Waals surface area (Å²) >= 11 is 5.79. The third kappa shape index (κ3) is 7.54. The van der Waals surface area contributed by atoms with Gasteiger partial charge in [-0.25, -0.2) is 31.3 Å². The van der Waals surface area contributed by atoms with Crippen molar-refractivity contribution in [1.29, 1.82) is 0 Å². The van der Waals surface area contributed by atoms with Crippen LogP contribution >= 0.6 is 11.6 Å². The minimum Gasteiger partial charge on any atom is -0.415 e. The molecule has 4 rings (SSSR count). The van der Waals surface area contributed by atoms with E-state index in [9.17, 15) is 22.0 Å². The van der Waals surface area contributed by atoms with Gasteiger partial charge in [0.15, 0.2) is 22.2 Å². The van der Waals surface area contributed by atoms with E-state index in [0.29, 0.717) is 18.7 Å². The Labute approximate surface area is 260 Å². The summed E-state index contributed by atoms with van der Waals surface area (Å²) in [5.74, 6) is -5.65. The van der Waals surface area contributed by atoms with Gasteiger partial charge in [-0.3, -0.25) is 9.52 Å². The number of hydrogen-bond donors (Lipinski definition) is 2. The van der Waals surface area contributed by atoms with E-state index >= 15 is 13.2 Å². The highest BCUT2D eigenvalue weighted by atomic mass is 35.5. The molecule has 4 aromatic rings. The smallest absolute Gasteiger partial charge is 0.388 e. The number of nitrogens with one attached hydrogen (secondary N) is 2. The summed E-state index contributed by atoms with van der Waals surface area (Å²) in [6, 6.07) is 5.17. The lowest BCUT2D eigenvalue weighted by Crippen LogP contribution is -2.22. The molecule has 0 spiro atoms. The fourth-order valence-corrected chi connectivity index (χ4v) is 6.34. The zero-order chi connectivity index (χ0) is 33.3. The van der Waals surface area contributed by atoms with Crippen LogP contribution in [0.4, 0.5) is 27.6 Å². The summed E-state index contributed by atoms with van der Waals surface area (Å²) in [6.45, 7) is 2.99. The topological polar surface area (TPSA) is 124 Å². The molecule has 1 amide bonds. The van der Waals surface area contributed by atoms with Crippen molar-refractivity contribution in [3.63, 3.8) is 0 Å². The second-order valence-corrected chi connectivity index (χ2v) is 18.5. The summed E-state index contributed by atoms with van der Waals surface area (Å²) in [5, 5.41) is 6.31. The first-order valence-corrected chi connectivity index (χ1v) is 18.7. The Bertz CT molecular complexity index is 1870. The Hall–Kier alpha value is -3.80. The molecule has 0 atom stereocenters. The molecule has 0 fully saturated rings. The van der Waals surface area contributed by atoms with Gasteiger partial charge in [-0.2, -0.15) is 13.9 Å². The van der Waals surface area contributed by atoms with Crippen LogP contribution in [0, 0.1) is 17.5 Å². The third-order valence-corrected chi connectivity index (χ3v) is 9.65. The zero-order valence-corrected chi connectivity index (χ0v) is 26.8. The molecule has 18 heteroatoms. The van der Waals surface area contributed by atoms with Gasteiger partial charge in [0.05, 0.1) is 16.3 Å². The molecule has 0 radical (unpaired) electrons. The van der Waals surface area contributed by atoms with Crippen LogP contribution in [0.3, 0.4) is 0 Å². The number of aromatic nitrogens is 3. The number of rotatable bonds is 12. The van der Waals surface area contributed by atoms with E-state index in [1.165, 1.54) is 13.1 Å². The number of carbonyl (C=O) groups excluding carboxylic acids is 1. The van der Waals surface area contributed by atoms with Gasteiger partial charge in [0, 0.05) is 38.9 Å². The fourth-order valence-electron chi connectivity index (χ4n) is 4.19. The molecule has 45 heavy (non-hydrogen) atoms. The van der Waals surface area contributed by atoms with Crippen LogP contribution in [0.5, 0.6) is 5.88 Å². The lowest BCUT2D eigenvalue weighted by molar-refractivity contribution is -0.0549. The molecule has 2 heterocycles. The van der Waals surface area contributed by atoms with E-state index in [1.54, 1.807) is 0 Å². The molecular formula is C27H27ClF5N5O5SSi. The molecule has 242 valence electrons. The SMILES string of the molecule is CNC(=O)c1nn(COCC[Si](C)(C)C)c2c(F)c(-c3c(F)ccc(NS(=O)(=O)c4cc(Cl)cnc4OC(F)F)c3F)ccc12. The van der Waals surface area contributed by atoms with Crippen LogP contribution in [-0.2, 0) is 21.5 Å². The molecule has 0 saturated carbocycles. The Balaban J connectivity index is 1.80. The lowest BCUT2D eigenvalue weighted by atomic mass is 10.0. The normalized spacial score (nSPS) is 12.2. The zero-order valence-electron chi connectivity index (χ0n) is 24.2. The molecule has 2 aromatic carbocycles. The predicted octanol–water partition coefficient (Wildman–Crippen LogP) is 6.24. The van der Waals surface area contributed by atoms with Crippen LogP contribution in [0.15, 0.2) is 41.4 Å². The highest BCUT2D eigenvalue weighted by Crippen LogP contribution is 2.37. The van der Waals surface area contributed by atoms with E-state index in [2.05, 4.69) is 39.8 Å². The number of carbonyl (C=O) groups is 1. The van der Waals surface area contributed by atoms with E-state index in [0.717, 1.165) is 29.1 Å². The highest BCUT2D eigenvalue weighted by Gasteiger charge is 2.29. The van der Waals surface area contributed by atoms with Gasteiger partial charge in [0.1, 0.15) is 18.1 Å². The second-order valence-electron chi connectivity index (χ2n) is 10.8. The number of benzene rings is 2. The van der Waals surface area contributed by atoms with E-state index in [-0.39, 0.29) is 28.4 Å². The number of fused-ring (bicyclic) bond motifs is 1. The standard InChI is InChI=1S/C27H27ClF5N5O5SSi/c1-34-25(39)23-16-6-5-15(21(30)24(16)38(36-23)13-42-9-10-45(2,3)4)20-17(29)7-8-18(22(20)31)37-44(40,41)19-11-14(28)12-35-26(19)43-27(32)33/h5-8,11-12,27,37H,9-10,13H2,1-4H3,(H,34,39). The molecule has 0 bridgehead atoms. The van der Waals surface area contributed by atoms with E-state index < -0.39 is 75.7 Å². The summed E-state index contributed by atoms with van der Waals surface area (Å²) in [5.41, 5.74) is -2.90. The van der Waals surface area contributed by atoms with E-state index in [4.69, 9.17) is 16.3 Å². The average Bonchev–Trinajstić information content (AvgIpc) is 3.33. The Morgan fingerprint density at radius 2 is 1.82 bits per heavy atom. The van der Waals surface area contributed by atoms with Crippen molar-refractivity contribution >= 4 is 52.2 Å². The molecule has 0 aliphatic rings. The maximum Gasteiger partial charge on any atom is 0.388 e. The predicted molar refractivity (Wildman–Crippen MR) is 159 cm³/mol. The summed E-state index contributed by atoms with van der Waals surface area (Å²) in [6.07, 6.45) is 0.853. The van der Waals surface area contributed by atoms with Crippen molar-refractivity contribution in [3.8, 4) is 17.0 Å². The van der Waals surface area contributed by atoms with Crippen molar-refractivity contribution in [2.45, 2.75) is 43.9 Å². The summed E-state index contributed by atoms with van der Waals surface area (Å²) in [4.78, 5) is 15.0. The first-order chi connectivity index (χ1) is 21.0. The number of hydrogen-bond acceptors (Lipinski definition) is 7. The molecule has 2 aromatic heterocycles. The summed E-state index contributed by atoms with van der Waals surface area (Å²) in [7, 11) is -5.04. The average molecular weight is 692 g/mol. The molecule has 0 saturated heterocycles. The molecule has 10 nitrogen and oxygen atoms in total. The minimum absolute atomic E-state index is 0.0297. The number of sulfonamides is 1. The maximum absolute atomic E-state index is 16.2. The van der Waals surface area contributed by atoms with Gasteiger partial charge in [-0.1, -0.05) is 37.3 Å². The van der Waals surface area contributed by atoms with Crippen molar-refractivity contribution in [1.82, 2.24) is 20.1 Å². The quantitative estimate of drug-likeness (QED) is 0.102. The number of nitrogens with zero attached hydrogens (tertiary/aromatic N) is 3. The molecule has 0 aliphatic heterocycles. The first-order valence-electron chi connectivity index (χ1n) is 13.1. The number of pyridine rings is 1. The highest BCUT2D eigenvalue weighted by molar-refractivity contribution is 7.92. The number of alkyl halides is 2. The van der Waals surface area contributed by atoms with Crippen molar-refractivity contribution in [2.75, 3.05) is 18.4 Å². The van der Waals surface area contributed by atoms with Crippen molar-refractivity contribution < 1.29 is 44.6 Å². The van der Waals surface area contributed by atoms with Crippen LogP contribution in [-0.4, -0.2) is 57.4 Å². The van der Waals surface area contributed by atoms with Crippen LogP contribution in [0.1, 0.15) is 10.5 Å². The maximum atomic E-state index is 16.2. The number of amides is 1. The molecule has 2 N–H and O–H groups in total. The number of halogens is 6. The van der Waals surface area contributed by atoms with Gasteiger partial charge in [-0.05, 0) is 30.3 Å². The Kier molecular flexibility index (Phi) is 10.1. The van der Waals surface area contributed by atoms with Gasteiger partial charge < -0.3 is 14.8 Å². The Morgan fingerprint density at radius 3 is 2.47 bits per heavy atom. The fraction of sp³-hybridized carbons (Fsp3) is 0.296. The second kappa shape index (κ2) is 13.3. The first kappa shape index (κ1) is 34.1. The van der Waals surface area contributed by atoms with E-state index in [1.807, 2.05) is 4.72 Å². The molecule has 0 unspecified atom stereocenters. The van der Waals surface area contributed by atoms with Gasteiger partial charge in [-0.15, -0.1) is 0 Å². The molecule has 0 aliphatic carbocycles. The number of anilines is 1. The number of ether oxygens (including phenoxy) is 2. The van der Waals surface area contributed by atoms with Gasteiger partial charge in [0.25, 0.3) is 15.9 Å². The van der Waals surface area contributed by atoms with Gasteiger partial charge >= 0.3 is 6.61 Å². The lowest BCUT2D eigenvalue weighted by Gasteiger charge is -2.16. The Morgan fingerprint density at radius 1 is 1.11 bits per heavy atom. The largest absolute Gasteiger partial charge is 0.415 e. The van der Waals surface area contributed by atoms with Crippen molar-refractivity contribution in [2.24, 2.45) is 0 Å². The van der Waals surface area contributed by atoms with Crippen LogP contribution in [0.25, 0.3) is 22.0 Å². The monoisotopic (exact) mass is 691 g/mol. The minimum atomic E-state index is -4.91. The third-order valence-electron chi connectivity index (χ3n) is 6.38. The summed E-state index contributed by atoms with van der Waals surface area (Å²) < 4.78 is 112.